The summed E-state index contributed by atoms with van der Waals surface area (Å²) in [5, 5.41) is 9.37. The number of aliphatic hydroxyl groups is 1. The SMILES string of the molecule is CCCCOc1ccc(Cl)nc1CO. The molecule has 1 rings (SSSR count). The van der Waals surface area contributed by atoms with Crippen LogP contribution in [0.2, 0.25) is 5.15 Å². The first-order valence-electron chi connectivity index (χ1n) is 4.67. The van der Waals surface area contributed by atoms with Crippen molar-refractivity contribution in [3.8, 4) is 5.75 Å². The van der Waals surface area contributed by atoms with E-state index in [1.807, 2.05) is 0 Å². The largest absolute Gasteiger partial charge is 0.492 e. The fraction of sp³-hybridized carbons (Fsp3) is 0.500. The second kappa shape index (κ2) is 5.83. The summed E-state index contributed by atoms with van der Waals surface area (Å²) in [4.78, 5) is 3.96. The molecule has 0 spiro atoms. The average molecular weight is 216 g/mol. The highest BCUT2D eigenvalue weighted by atomic mass is 35.5. The van der Waals surface area contributed by atoms with Gasteiger partial charge >= 0.3 is 0 Å². The van der Waals surface area contributed by atoms with E-state index in [9.17, 15) is 0 Å². The molecule has 0 fully saturated rings. The molecule has 1 N–H and O–H groups in total. The molecule has 0 radical (unpaired) electrons. The summed E-state index contributed by atoms with van der Waals surface area (Å²) >= 11 is 5.68. The Labute approximate surface area is 88.7 Å². The minimum Gasteiger partial charge on any atom is -0.492 e. The van der Waals surface area contributed by atoms with E-state index in [1.54, 1.807) is 12.1 Å². The van der Waals surface area contributed by atoms with Gasteiger partial charge in [-0.05, 0) is 18.6 Å². The van der Waals surface area contributed by atoms with Crippen molar-refractivity contribution >= 4 is 11.6 Å². The molecule has 0 amide bonds. The van der Waals surface area contributed by atoms with Crippen LogP contribution in [0.25, 0.3) is 0 Å². The lowest BCUT2D eigenvalue weighted by atomic mass is 10.3. The van der Waals surface area contributed by atoms with Crippen molar-refractivity contribution in [2.75, 3.05) is 6.61 Å². The average Bonchev–Trinajstić information content (AvgIpc) is 2.20. The highest BCUT2D eigenvalue weighted by molar-refractivity contribution is 6.29. The number of halogens is 1. The van der Waals surface area contributed by atoms with Gasteiger partial charge in [-0.2, -0.15) is 0 Å². The third-order valence-corrected chi connectivity index (χ3v) is 2.01. The van der Waals surface area contributed by atoms with Gasteiger partial charge in [-0.1, -0.05) is 24.9 Å². The van der Waals surface area contributed by atoms with Crippen molar-refractivity contribution in [2.45, 2.75) is 26.4 Å². The van der Waals surface area contributed by atoms with Gasteiger partial charge in [0.1, 0.15) is 16.6 Å². The predicted octanol–water partition coefficient (Wildman–Crippen LogP) is 2.41. The zero-order valence-electron chi connectivity index (χ0n) is 8.16. The number of ether oxygens (including phenoxy) is 1. The molecule has 0 aliphatic rings. The molecular weight excluding hydrogens is 202 g/mol. The van der Waals surface area contributed by atoms with Crippen LogP contribution in [0.5, 0.6) is 5.75 Å². The molecule has 78 valence electrons. The van der Waals surface area contributed by atoms with Crippen molar-refractivity contribution in [1.29, 1.82) is 0 Å². The fourth-order valence-electron chi connectivity index (χ4n) is 1.03. The summed E-state index contributed by atoms with van der Waals surface area (Å²) in [5.74, 6) is 0.616. The molecule has 0 bridgehead atoms. The molecule has 14 heavy (non-hydrogen) atoms. The molecule has 0 saturated carbocycles. The lowest BCUT2D eigenvalue weighted by Crippen LogP contribution is -2.01. The number of pyridine rings is 1. The van der Waals surface area contributed by atoms with E-state index in [0.29, 0.717) is 23.2 Å². The monoisotopic (exact) mass is 215 g/mol. The zero-order chi connectivity index (χ0) is 10.4. The van der Waals surface area contributed by atoms with E-state index < -0.39 is 0 Å². The molecule has 0 atom stereocenters. The molecule has 1 aromatic heterocycles. The first kappa shape index (κ1) is 11.3. The normalized spacial score (nSPS) is 10.2. The maximum absolute atomic E-state index is 9.00. The molecule has 0 unspecified atom stereocenters. The van der Waals surface area contributed by atoms with Gasteiger partial charge < -0.3 is 9.84 Å². The molecular formula is C10H14ClNO2. The summed E-state index contributed by atoms with van der Waals surface area (Å²) in [6, 6.07) is 3.39. The highest BCUT2D eigenvalue weighted by Crippen LogP contribution is 2.19. The van der Waals surface area contributed by atoms with Crippen LogP contribution in [0.1, 0.15) is 25.5 Å². The van der Waals surface area contributed by atoms with Crippen LogP contribution >= 0.6 is 11.6 Å². The van der Waals surface area contributed by atoms with Crippen molar-refractivity contribution in [3.63, 3.8) is 0 Å². The third kappa shape index (κ3) is 3.16. The maximum atomic E-state index is 9.00. The smallest absolute Gasteiger partial charge is 0.143 e. The van der Waals surface area contributed by atoms with Gasteiger partial charge in [-0.15, -0.1) is 0 Å². The van der Waals surface area contributed by atoms with Crippen LogP contribution in [0.4, 0.5) is 0 Å². The number of hydrogen-bond acceptors (Lipinski definition) is 3. The van der Waals surface area contributed by atoms with Crippen LogP contribution in [-0.2, 0) is 6.61 Å². The van der Waals surface area contributed by atoms with Crippen molar-refractivity contribution < 1.29 is 9.84 Å². The molecule has 1 aromatic rings. The van der Waals surface area contributed by atoms with E-state index in [4.69, 9.17) is 21.4 Å². The van der Waals surface area contributed by atoms with Crippen LogP contribution in [-0.4, -0.2) is 16.7 Å². The minimum absolute atomic E-state index is 0.151. The Kier molecular flexibility index (Phi) is 4.70. The Balaban J connectivity index is 2.65. The van der Waals surface area contributed by atoms with E-state index in [1.165, 1.54) is 0 Å². The van der Waals surface area contributed by atoms with Gasteiger partial charge in [0, 0.05) is 0 Å². The zero-order valence-corrected chi connectivity index (χ0v) is 8.92. The summed E-state index contributed by atoms with van der Waals surface area (Å²) in [6.45, 7) is 2.59. The Morgan fingerprint density at radius 1 is 1.50 bits per heavy atom. The van der Waals surface area contributed by atoms with E-state index in [0.717, 1.165) is 12.8 Å². The van der Waals surface area contributed by atoms with Crippen LogP contribution in [0.15, 0.2) is 12.1 Å². The Morgan fingerprint density at radius 2 is 2.29 bits per heavy atom. The van der Waals surface area contributed by atoms with Gasteiger partial charge in [0.15, 0.2) is 0 Å². The van der Waals surface area contributed by atoms with Crippen LogP contribution in [0.3, 0.4) is 0 Å². The minimum atomic E-state index is -0.151. The van der Waals surface area contributed by atoms with Gasteiger partial charge in [-0.25, -0.2) is 4.98 Å². The lowest BCUT2D eigenvalue weighted by Gasteiger charge is -2.08. The van der Waals surface area contributed by atoms with E-state index in [2.05, 4.69) is 11.9 Å². The summed E-state index contributed by atoms with van der Waals surface area (Å²) in [7, 11) is 0. The fourth-order valence-corrected chi connectivity index (χ4v) is 1.20. The molecule has 1 heterocycles. The maximum Gasteiger partial charge on any atom is 0.143 e. The highest BCUT2D eigenvalue weighted by Gasteiger charge is 2.04. The molecule has 3 nitrogen and oxygen atoms in total. The number of aliphatic hydroxyl groups excluding tert-OH is 1. The summed E-state index contributed by atoms with van der Waals surface area (Å²) in [6.07, 6.45) is 2.07. The number of aromatic nitrogens is 1. The first-order valence-corrected chi connectivity index (χ1v) is 5.04. The molecule has 4 heteroatoms. The first-order chi connectivity index (χ1) is 6.77. The van der Waals surface area contributed by atoms with Crippen molar-refractivity contribution in [1.82, 2.24) is 4.98 Å². The second-order valence-electron chi connectivity index (χ2n) is 2.94. The van der Waals surface area contributed by atoms with Crippen molar-refractivity contribution in [2.24, 2.45) is 0 Å². The molecule has 0 saturated heterocycles. The van der Waals surface area contributed by atoms with Crippen LogP contribution < -0.4 is 4.74 Å². The Morgan fingerprint density at radius 3 is 2.93 bits per heavy atom. The van der Waals surface area contributed by atoms with Gasteiger partial charge in [0.25, 0.3) is 0 Å². The van der Waals surface area contributed by atoms with Gasteiger partial charge in [0.05, 0.1) is 13.2 Å². The van der Waals surface area contributed by atoms with Gasteiger partial charge in [0.2, 0.25) is 0 Å². The molecule has 0 aliphatic heterocycles. The number of nitrogens with zero attached hydrogens (tertiary/aromatic N) is 1. The Hall–Kier alpha value is -0.800. The second-order valence-corrected chi connectivity index (χ2v) is 3.33. The van der Waals surface area contributed by atoms with E-state index in [-0.39, 0.29) is 6.61 Å². The van der Waals surface area contributed by atoms with E-state index >= 15 is 0 Å². The molecule has 0 aromatic carbocycles. The summed E-state index contributed by atoms with van der Waals surface area (Å²) in [5.41, 5.74) is 0.494. The predicted molar refractivity (Wildman–Crippen MR) is 55.6 cm³/mol. The Bertz CT molecular complexity index is 291. The van der Waals surface area contributed by atoms with Crippen LogP contribution in [0, 0.1) is 0 Å². The van der Waals surface area contributed by atoms with Crippen molar-refractivity contribution in [3.05, 3.63) is 23.0 Å². The number of rotatable bonds is 5. The quantitative estimate of drug-likeness (QED) is 0.606. The number of hydrogen-bond donors (Lipinski definition) is 1. The molecule has 0 aliphatic carbocycles. The summed E-state index contributed by atoms with van der Waals surface area (Å²) < 4.78 is 5.44. The third-order valence-electron chi connectivity index (χ3n) is 1.80. The van der Waals surface area contributed by atoms with Gasteiger partial charge in [-0.3, -0.25) is 0 Å². The topological polar surface area (TPSA) is 42.4 Å². The standard InChI is InChI=1S/C10H14ClNO2/c1-2-3-6-14-9-4-5-10(11)12-8(9)7-13/h4-5,13H,2-3,6-7H2,1H3. The lowest BCUT2D eigenvalue weighted by molar-refractivity contribution is 0.255. The number of unbranched alkanes of at least 4 members (excludes halogenated alkanes) is 1.